The number of anilines is 2. The molecular formula is C21H26N4O3. The molecule has 28 heavy (non-hydrogen) atoms. The first-order valence-corrected chi connectivity index (χ1v) is 9.67. The number of aromatic nitrogens is 2. The Balaban J connectivity index is 1.44. The van der Waals surface area contributed by atoms with Gasteiger partial charge in [-0.3, -0.25) is 0 Å². The standard InChI is InChI=1S/C21H26N4O3/c1-27-18-10-16-13-25(20-7-6-14(11-23-20)21(26)28-2)12-15(16)9-17(18)24-19-5-3-4-8-22-19/h3-8,11,15-18H,9-10,12-13H2,1-2H3,(H,22,24)/t15-,16+,17-,18-/m1/s1. The van der Waals surface area contributed by atoms with Gasteiger partial charge in [0.05, 0.1) is 24.8 Å². The summed E-state index contributed by atoms with van der Waals surface area (Å²) in [7, 11) is 3.17. The molecule has 0 spiro atoms. The maximum atomic E-state index is 11.6. The number of hydrogen-bond donors (Lipinski definition) is 1. The predicted octanol–water partition coefficient (Wildman–Crippen LogP) is 2.61. The van der Waals surface area contributed by atoms with Crippen molar-refractivity contribution in [3.8, 4) is 0 Å². The Labute approximate surface area is 165 Å². The second kappa shape index (κ2) is 8.14. The van der Waals surface area contributed by atoms with Crippen molar-refractivity contribution in [1.82, 2.24) is 9.97 Å². The van der Waals surface area contributed by atoms with Gasteiger partial charge in [0.15, 0.2) is 0 Å². The number of rotatable bonds is 5. The van der Waals surface area contributed by atoms with Crippen molar-refractivity contribution in [3.63, 3.8) is 0 Å². The van der Waals surface area contributed by atoms with E-state index in [2.05, 4.69) is 20.2 Å². The van der Waals surface area contributed by atoms with E-state index in [-0.39, 0.29) is 18.1 Å². The van der Waals surface area contributed by atoms with Crippen molar-refractivity contribution >= 4 is 17.6 Å². The first-order chi connectivity index (χ1) is 13.7. The summed E-state index contributed by atoms with van der Waals surface area (Å²) in [5, 5.41) is 3.55. The fraction of sp³-hybridized carbons (Fsp3) is 0.476. The second-order valence-electron chi connectivity index (χ2n) is 7.53. The lowest BCUT2D eigenvalue weighted by Crippen LogP contribution is -2.44. The number of ether oxygens (including phenoxy) is 2. The van der Waals surface area contributed by atoms with Crippen LogP contribution in [0.25, 0.3) is 0 Å². The minimum atomic E-state index is -0.361. The van der Waals surface area contributed by atoms with Crippen LogP contribution >= 0.6 is 0 Å². The molecule has 0 unspecified atom stereocenters. The molecule has 1 saturated heterocycles. The maximum absolute atomic E-state index is 11.6. The van der Waals surface area contributed by atoms with E-state index in [1.807, 2.05) is 24.3 Å². The monoisotopic (exact) mass is 382 g/mol. The molecule has 0 aromatic carbocycles. The first-order valence-electron chi connectivity index (χ1n) is 9.67. The molecule has 1 aliphatic carbocycles. The Bertz CT molecular complexity index is 799. The minimum Gasteiger partial charge on any atom is -0.465 e. The summed E-state index contributed by atoms with van der Waals surface area (Å²) in [6.45, 7) is 1.93. The van der Waals surface area contributed by atoms with E-state index < -0.39 is 0 Å². The van der Waals surface area contributed by atoms with E-state index in [0.717, 1.165) is 37.6 Å². The van der Waals surface area contributed by atoms with Crippen molar-refractivity contribution < 1.29 is 14.3 Å². The lowest BCUT2D eigenvalue weighted by atomic mass is 9.77. The van der Waals surface area contributed by atoms with Gasteiger partial charge < -0.3 is 19.7 Å². The third-order valence-corrected chi connectivity index (χ3v) is 5.91. The quantitative estimate of drug-likeness (QED) is 0.797. The largest absolute Gasteiger partial charge is 0.465 e. The van der Waals surface area contributed by atoms with Crippen LogP contribution in [-0.4, -0.2) is 55.4 Å². The zero-order valence-corrected chi connectivity index (χ0v) is 16.2. The summed E-state index contributed by atoms with van der Waals surface area (Å²) in [5.74, 6) is 2.59. The highest BCUT2D eigenvalue weighted by molar-refractivity contribution is 5.89. The Hall–Kier alpha value is -2.67. The van der Waals surface area contributed by atoms with E-state index >= 15 is 0 Å². The van der Waals surface area contributed by atoms with Crippen molar-refractivity contribution in [3.05, 3.63) is 48.3 Å². The van der Waals surface area contributed by atoms with Gasteiger partial charge in [-0.25, -0.2) is 14.8 Å². The summed E-state index contributed by atoms with van der Waals surface area (Å²) in [4.78, 5) is 22.8. The van der Waals surface area contributed by atoms with Crippen molar-refractivity contribution in [2.75, 3.05) is 37.5 Å². The molecule has 2 aromatic heterocycles. The summed E-state index contributed by atoms with van der Waals surface area (Å²) in [6.07, 6.45) is 5.61. The van der Waals surface area contributed by atoms with Gasteiger partial charge in [-0.1, -0.05) is 6.07 Å². The smallest absolute Gasteiger partial charge is 0.339 e. The van der Waals surface area contributed by atoms with Crippen LogP contribution < -0.4 is 10.2 Å². The zero-order valence-electron chi connectivity index (χ0n) is 16.2. The molecule has 0 amide bonds. The highest BCUT2D eigenvalue weighted by atomic mass is 16.5. The van der Waals surface area contributed by atoms with Crippen LogP contribution in [0.15, 0.2) is 42.7 Å². The molecule has 2 aromatic rings. The fourth-order valence-electron chi connectivity index (χ4n) is 4.46. The van der Waals surface area contributed by atoms with Gasteiger partial charge in [0.25, 0.3) is 0 Å². The highest BCUT2D eigenvalue weighted by Crippen LogP contribution is 2.39. The number of nitrogens with zero attached hydrogens (tertiary/aromatic N) is 3. The average molecular weight is 382 g/mol. The molecule has 2 fully saturated rings. The van der Waals surface area contributed by atoms with E-state index in [0.29, 0.717) is 17.4 Å². The fourth-order valence-corrected chi connectivity index (χ4v) is 4.46. The molecule has 7 heteroatoms. The Kier molecular flexibility index (Phi) is 5.43. The van der Waals surface area contributed by atoms with Crippen LogP contribution in [0.1, 0.15) is 23.2 Å². The normalized spacial score (nSPS) is 26.6. The van der Waals surface area contributed by atoms with Crippen LogP contribution in [0.5, 0.6) is 0 Å². The molecule has 0 bridgehead atoms. The highest BCUT2D eigenvalue weighted by Gasteiger charge is 2.42. The number of hydrogen-bond acceptors (Lipinski definition) is 7. The first kappa shape index (κ1) is 18.7. The number of carbonyl (C=O) groups excluding carboxylic acids is 1. The van der Waals surface area contributed by atoms with Gasteiger partial charge in [-0.2, -0.15) is 0 Å². The van der Waals surface area contributed by atoms with E-state index in [1.165, 1.54) is 7.11 Å². The summed E-state index contributed by atoms with van der Waals surface area (Å²) < 4.78 is 10.5. The number of carbonyl (C=O) groups is 1. The van der Waals surface area contributed by atoms with E-state index in [4.69, 9.17) is 9.47 Å². The van der Waals surface area contributed by atoms with Crippen LogP contribution in [0.2, 0.25) is 0 Å². The SMILES string of the molecule is COC(=O)c1ccc(N2C[C@H]3C[C@@H](Nc4ccccn4)[C@H](OC)C[C@H]3C2)nc1. The predicted molar refractivity (Wildman–Crippen MR) is 106 cm³/mol. The lowest BCUT2D eigenvalue weighted by Gasteiger charge is -2.37. The van der Waals surface area contributed by atoms with Gasteiger partial charge in [0.1, 0.15) is 11.6 Å². The molecular weight excluding hydrogens is 356 g/mol. The van der Waals surface area contributed by atoms with Crippen LogP contribution in [0, 0.1) is 11.8 Å². The molecule has 148 valence electrons. The Morgan fingerprint density at radius 1 is 1.11 bits per heavy atom. The summed E-state index contributed by atoms with van der Waals surface area (Å²) in [5.41, 5.74) is 0.474. The number of nitrogens with one attached hydrogen (secondary N) is 1. The summed E-state index contributed by atoms with van der Waals surface area (Å²) >= 11 is 0. The van der Waals surface area contributed by atoms with Crippen molar-refractivity contribution in [1.29, 1.82) is 0 Å². The van der Waals surface area contributed by atoms with Crippen molar-refractivity contribution in [2.45, 2.75) is 25.0 Å². The number of pyridine rings is 2. The van der Waals surface area contributed by atoms with E-state index in [9.17, 15) is 4.79 Å². The second-order valence-corrected chi connectivity index (χ2v) is 7.53. The number of esters is 1. The topological polar surface area (TPSA) is 76.6 Å². The van der Waals surface area contributed by atoms with Crippen LogP contribution in [0.3, 0.4) is 0 Å². The van der Waals surface area contributed by atoms with Gasteiger partial charge in [-0.15, -0.1) is 0 Å². The van der Waals surface area contributed by atoms with Crippen molar-refractivity contribution in [2.24, 2.45) is 11.8 Å². The Morgan fingerprint density at radius 3 is 2.57 bits per heavy atom. The molecule has 1 saturated carbocycles. The van der Waals surface area contributed by atoms with Gasteiger partial charge >= 0.3 is 5.97 Å². The molecule has 3 heterocycles. The zero-order chi connectivity index (χ0) is 19.5. The molecule has 0 radical (unpaired) electrons. The third-order valence-electron chi connectivity index (χ3n) is 5.91. The summed E-state index contributed by atoms with van der Waals surface area (Å²) in [6, 6.07) is 9.83. The molecule has 4 rings (SSSR count). The minimum absolute atomic E-state index is 0.165. The molecule has 1 aliphatic heterocycles. The maximum Gasteiger partial charge on any atom is 0.339 e. The Morgan fingerprint density at radius 2 is 1.93 bits per heavy atom. The molecule has 7 nitrogen and oxygen atoms in total. The van der Waals surface area contributed by atoms with Gasteiger partial charge in [0, 0.05) is 32.6 Å². The molecule has 4 atom stereocenters. The van der Waals surface area contributed by atoms with Crippen LogP contribution in [-0.2, 0) is 9.47 Å². The number of methoxy groups -OCH3 is 2. The van der Waals surface area contributed by atoms with E-state index in [1.54, 1.807) is 25.6 Å². The number of fused-ring (bicyclic) bond motifs is 1. The van der Waals surface area contributed by atoms with Gasteiger partial charge in [-0.05, 0) is 48.9 Å². The molecule has 1 N–H and O–H groups in total. The average Bonchev–Trinajstić information content (AvgIpc) is 3.16. The lowest BCUT2D eigenvalue weighted by molar-refractivity contribution is 0.0305. The molecule has 2 aliphatic rings. The third kappa shape index (κ3) is 3.80. The van der Waals surface area contributed by atoms with Gasteiger partial charge in [0.2, 0.25) is 0 Å². The van der Waals surface area contributed by atoms with Crippen LogP contribution in [0.4, 0.5) is 11.6 Å².